The summed E-state index contributed by atoms with van der Waals surface area (Å²) >= 11 is 0. The number of hydrogen-bond acceptors (Lipinski definition) is 2. The Morgan fingerprint density at radius 1 is 1.05 bits per heavy atom. The van der Waals surface area contributed by atoms with Crippen LogP contribution in [0.3, 0.4) is 0 Å². The van der Waals surface area contributed by atoms with Gasteiger partial charge in [-0.05, 0) is 49.4 Å². The normalized spacial score (nSPS) is 18.2. The largest absolute Gasteiger partial charge is 0.388 e. The fourth-order valence-electron chi connectivity index (χ4n) is 3.26. The second-order valence-corrected chi connectivity index (χ2v) is 6.01. The number of para-hydroxylation sites is 1. The Kier molecular flexibility index (Phi) is 3.98. The van der Waals surface area contributed by atoms with E-state index < -0.39 is 0 Å². The van der Waals surface area contributed by atoms with E-state index >= 15 is 0 Å². The number of hydrogen-bond donors (Lipinski definition) is 1. The van der Waals surface area contributed by atoms with E-state index in [0.29, 0.717) is 0 Å². The topological polar surface area (TPSA) is 23.5 Å². The Morgan fingerprint density at radius 2 is 1.76 bits per heavy atom. The highest BCUT2D eigenvalue weighted by Crippen LogP contribution is 2.34. The van der Waals surface area contributed by atoms with E-state index in [2.05, 4.69) is 55.1 Å². The standard InChI is InChI=1S/C19H23NO/c1-14-7-5-8-15(2)17(14)13-20-12-6-11-19(21)16-9-3-4-10-18(16)20/h3-5,7-10,19,21H,6,11-13H2,1-2H3. The molecule has 2 aromatic carbocycles. The van der Waals surface area contributed by atoms with Gasteiger partial charge in [0.1, 0.15) is 0 Å². The van der Waals surface area contributed by atoms with Crippen LogP contribution in [0.5, 0.6) is 0 Å². The van der Waals surface area contributed by atoms with Crippen LogP contribution in [-0.4, -0.2) is 11.7 Å². The number of aliphatic hydroxyl groups excluding tert-OH is 1. The molecule has 2 heteroatoms. The Bertz CT molecular complexity index is 615. The maximum atomic E-state index is 10.3. The summed E-state index contributed by atoms with van der Waals surface area (Å²) in [6.45, 7) is 6.28. The molecular weight excluding hydrogens is 258 g/mol. The fraction of sp³-hybridized carbons (Fsp3) is 0.368. The van der Waals surface area contributed by atoms with Crippen LogP contribution in [0.4, 0.5) is 5.69 Å². The lowest BCUT2D eigenvalue weighted by atomic mass is 10.0. The van der Waals surface area contributed by atoms with Crippen molar-refractivity contribution in [3.05, 3.63) is 64.7 Å². The minimum absolute atomic E-state index is 0.329. The highest BCUT2D eigenvalue weighted by molar-refractivity contribution is 5.56. The zero-order chi connectivity index (χ0) is 14.8. The summed E-state index contributed by atoms with van der Waals surface area (Å²) in [6, 6.07) is 14.8. The average molecular weight is 281 g/mol. The molecule has 0 spiro atoms. The van der Waals surface area contributed by atoms with Crippen molar-refractivity contribution < 1.29 is 5.11 Å². The van der Waals surface area contributed by atoms with Crippen molar-refractivity contribution in [1.29, 1.82) is 0 Å². The predicted octanol–water partition coefficient (Wildman–Crippen LogP) is 4.14. The molecule has 110 valence electrons. The molecular formula is C19H23NO. The first kappa shape index (κ1) is 14.2. The molecule has 0 aromatic heterocycles. The molecule has 0 bridgehead atoms. The summed E-state index contributed by atoms with van der Waals surface area (Å²) in [7, 11) is 0. The minimum Gasteiger partial charge on any atom is -0.388 e. The molecule has 1 heterocycles. The minimum atomic E-state index is -0.329. The average Bonchev–Trinajstić information content (AvgIpc) is 2.63. The Morgan fingerprint density at radius 3 is 2.52 bits per heavy atom. The third-order valence-electron chi connectivity index (χ3n) is 4.54. The van der Waals surface area contributed by atoms with E-state index in [4.69, 9.17) is 0 Å². The van der Waals surface area contributed by atoms with Crippen molar-refractivity contribution in [1.82, 2.24) is 0 Å². The van der Waals surface area contributed by atoms with Gasteiger partial charge in [0.2, 0.25) is 0 Å². The van der Waals surface area contributed by atoms with Crippen LogP contribution in [0.1, 0.15) is 41.2 Å². The summed E-state index contributed by atoms with van der Waals surface area (Å²) in [6.07, 6.45) is 1.55. The molecule has 2 nitrogen and oxygen atoms in total. The molecule has 1 unspecified atom stereocenters. The summed E-state index contributed by atoms with van der Waals surface area (Å²) in [5, 5.41) is 10.3. The zero-order valence-corrected chi connectivity index (χ0v) is 12.8. The molecule has 0 fully saturated rings. The molecule has 0 amide bonds. The predicted molar refractivity (Wildman–Crippen MR) is 87.6 cm³/mol. The number of anilines is 1. The third kappa shape index (κ3) is 2.81. The monoisotopic (exact) mass is 281 g/mol. The maximum absolute atomic E-state index is 10.3. The molecule has 3 rings (SSSR count). The van der Waals surface area contributed by atoms with E-state index in [0.717, 1.165) is 31.5 Å². The SMILES string of the molecule is Cc1cccc(C)c1CN1CCCC(O)c2ccccc21. The van der Waals surface area contributed by atoms with E-state index in [1.54, 1.807) is 0 Å². The van der Waals surface area contributed by atoms with E-state index in [1.807, 2.05) is 6.07 Å². The molecule has 0 radical (unpaired) electrons. The van der Waals surface area contributed by atoms with Crippen molar-refractivity contribution in [3.63, 3.8) is 0 Å². The Hall–Kier alpha value is -1.80. The molecule has 1 N–H and O–H groups in total. The molecule has 0 saturated carbocycles. The molecule has 1 aliphatic heterocycles. The van der Waals surface area contributed by atoms with Crippen molar-refractivity contribution in [2.45, 2.75) is 39.3 Å². The van der Waals surface area contributed by atoms with Gasteiger partial charge < -0.3 is 10.0 Å². The van der Waals surface area contributed by atoms with Gasteiger partial charge in [-0.1, -0.05) is 36.4 Å². The van der Waals surface area contributed by atoms with Gasteiger partial charge in [-0.25, -0.2) is 0 Å². The quantitative estimate of drug-likeness (QED) is 0.894. The highest BCUT2D eigenvalue weighted by atomic mass is 16.3. The third-order valence-corrected chi connectivity index (χ3v) is 4.54. The van der Waals surface area contributed by atoms with Gasteiger partial charge in [-0.3, -0.25) is 0 Å². The molecule has 2 aromatic rings. The van der Waals surface area contributed by atoms with E-state index in [9.17, 15) is 5.11 Å². The van der Waals surface area contributed by atoms with Gasteiger partial charge in [-0.2, -0.15) is 0 Å². The molecule has 21 heavy (non-hydrogen) atoms. The summed E-state index contributed by atoms with van der Waals surface area (Å²) in [4.78, 5) is 2.42. The van der Waals surface area contributed by atoms with Crippen LogP contribution in [0.25, 0.3) is 0 Å². The zero-order valence-electron chi connectivity index (χ0n) is 12.8. The Labute approximate surface area is 127 Å². The van der Waals surface area contributed by atoms with Crippen molar-refractivity contribution >= 4 is 5.69 Å². The van der Waals surface area contributed by atoms with Crippen molar-refractivity contribution in [2.75, 3.05) is 11.4 Å². The van der Waals surface area contributed by atoms with Gasteiger partial charge >= 0.3 is 0 Å². The smallest absolute Gasteiger partial charge is 0.0810 e. The number of rotatable bonds is 2. The van der Waals surface area contributed by atoms with Crippen LogP contribution in [0.15, 0.2) is 42.5 Å². The van der Waals surface area contributed by atoms with Crippen LogP contribution < -0.4 is 4.90 Å². The van der Waals surface area contributed by atoms with Crippen LogP contribution in [0, 0.1) is 13.8 Å². The summed E-state index contributed by atoms with van der Waals surface area (Å²) < 4.78 is 0. The molecule has 1 aliphatic rings. The molecule has 0 aliphatic carbocycles. The first-order chi connectivity index (χ1) is 10.2. The number of nitrogens with zero attached hydrogens (tertiary/aromatic N) is 1. The molecule has 0 saturated heterocycles. The van der Waals surface area contributed by atoms with Crippen LogP contribution >= 0.6 is 0 Å². The summed E-state index contributed by atoms with van der Waals surface area (Å²) in [5.74, 6) is 0. The first-order valence-electron chi connectivity index (χ1n) is 7.74. The van der Waals surface area contributed by atoms with Crippen molar-refractivity contribution in [2.24, 2.45) is 0 Å². The van der Waals surface area contributed by atoms with Gasteiger partial charge in [0, 0.05) is 24.3 Å². The second-order valence-electron chi connectivity index (χ2n) is 6.01. The van der Waals surface area contributed by atoms with Crippen LogP contribution in [-0.2, 0) is 6.54 Å². The van der Waals surface area contributed by atoms with Gasteiger partial charge in [0.15, 0.2) is 0 Å². The first-order valence-corrected chi connectivity index (χ1v) is 7.74. The fourth-order valence-corrected chi connectivity index (χ4v) is 3.26. The lowest BCUT2D eigenvalue weighted by Crippen LogP contribution is -2.24. The molecule has 1 atom stereocenters. The lowest BCUT2D eigenvalue weighted by Gasteiger charge is -2.27. The highest BCUT2D eigenvalue weighted by Gasteiger charge is 2.21. The van der Waals surface area contributed by atoms with E-state index in [1.165, 1.54) is 22.4 Å². The van der Waals surface area contributed by atoms with E-state index in [-0.39, 0.29) is 6.10 Å². The van der Waals surface area contributed by atoms with Crippen LogP contribution in [0.2, 0.25) is 0 Å². The van der Waals surface area contributed by atoms with Gasteiger partial charge in [0.25, 0.3) is 0 Å². The van der Waals surface area contributed by atoms with Crippen molar-refractivity contribution in [3.8, 4) is 0 Å². The van der Waals surface area contributed by atoms with Gasteiger partial charge in [-0.15, -0.1) is 0 Å². The van der Waals surface area contributed by atoms with Gasteiger partial charge in [0.05, 0.1) is 6.10 Å². The maximum Gasteiger partial charge on any atom is 0.0810 e. The number of aryl methyl sites for hydroxylation is 2. The number of fused-ring (bicyclic) bond motifs is 1. The Balaban J connectivity index is 1.97. The lowest BCUT2D eigenvalue weighted by molar-refractivity contribution is 0.168. The number of aliphatic hydroxyl groups is 1. The second kappa shape index (κ2) is 5.90. The summed E-state index contributed by atoms with van der Waals surface area (Å²) in [5.41, 5.74) is 6.35. The number of benzene rings is 2.